The average molecular weight is 196 g/mol. The summed E-state index contributed by atoms with van der Waals surface area (Å²) in [5.41, 5.74) is 0.658. The summed E-state index contributed by atoms with van der Waals surface area (Å²) in [5, 5.41) is 8.89. The van der Waals surface area contributed by atoms with Gasteiger partial charge in [0.2, 0.25) is 0 Å². The molecule has 0 spiro atoms. The molecule has 1 aliphatic carbocycles. The molecule has 1 N–H and O–H groups in total. The zero-order chi connectivity index (χ0) is 10.9. The molecule has 14 heavy (non-hydrogen) atoms. The topological polar surface area (TPSA) is 37.3 Å². The molecule has 0 heterocycles. The van der Waals surface area contributed by atoms with Crippen LogP contribution in [0, 0.1) is 17.3 Å². The van der Waals surface area contributed by atoms with Gasteiger partial charge in [0.1, 0.15) is 0 Å². The molecular weight excluding hydrogens is 176 g/mol. The van der Waals surface area contributed by atoms with E-state index in [1.807, 2.05) is 0 Å². The van der Waals surface area contributed by atoms with Gasteiger partial charge < -0.3 is 5.11 Å². The Labute approximate surface area is 86.0 Å². The summed E-state index contributed by atoms with van der Waals surface area (Å²) in [6, 6.07) is 0. The Morgan fingerprint density at radius 2 is 2.00 bits per heavy atom. The number of carboxylic acid groups (broad SMARTS) is 1. The first-order valence-electron chi connectivity index (χ1n) is 5.24. The van der Waals surface area contributed by atoms with E-state index in [-0.39, 0.29) is 11.3 Å². The van der Waals surface area contributed by atoms with E-state index in [1.54, 1.807) is 0 Å². The molecule has 80 valence electrons. The van der Waals surface area contributed by atoms with Crippen molar-refractivity contribution in [3.8, 4) is 0 Å². The van der Waals surface area contributed by atoms with Gasteiger partial charge in [-0.05, 0) is 36.5 Å². The second kappa shape index (κ2) is 3.76. The van der Waals surface area contributed by atoms with Crippen molar-refractivity contribution in [1.29, 1.82) is 0 Å². The number of hydrogen-bond donors (Lipinski definition) is 1. The highest BCUT2D eigenvalue weighted by Gasteiger charge is 2.34. The third-order valence-electron chi connectivity index (χ3n) is 3.15. The van der Waals surface area contributed by atoms with E-state index in [0.29, 0.717) is 11.5 Å². The van der Waals surface area contributed by atoms with Gasteiger partial charge in [0.05, 0.1) is 0 Å². The molecule has 1 saturated carbocycles. The summed E-state index contributed by atoms with van der Waals surface area (Å²) in [6.45, 7) is 10.3. The molecule has 0 saturated heterocycles. The first kappa shape index (κ1) is 11.3. The molecule has 2 heteroatoms. The van der Waals surface area contributed by atoms with E-state index in [2.05, 4.69) is 27.4 Å². The highest BCUT2D eigenvalue weighted by atomic mass is 16.4. The summed E-state index contributed by atoms with van der Waals surface area (Å²) in [7, 11) is 0. The van der Waals surface area contributed by atoms with Crippen molar-refractivity contribution in [2.24, 2.45) is 17.3 Å². The quantitative estimate of drug-likeness (QED) is 0.689. The average Bonchev–Trinajstić information content (AvgIpc) is 1.98. The van der Waals surface area contributed by atoms with Crippen molar-refractivity contribution in [3.63, 3.8) is 0 Å². The van der Waals surface area contributed by atoms with E-state index in [9.17, 15) is 4.79 Å². The van der Waals surface area contributed by atoms with Gasteiger partial charge in [0.25, 0.3) is 0 Å². The molecule has 0 amide bonds. The largest absolute Gasteiger partial charge is 0.478 e. The SMILES string of the molecule is C=C(C(=O)O)C1CC(C)CC(C)(C)C1. The Morgan fingerprint density at radius 3 is 2.43 bits per heavy atom. The van der Waals surface area contributed by atoms with E-state index in [1.165, 1.54) is 6.42 Å². The van der Waals surface area contributed by atoms with E-state index >= 15 is 0 Å². The maximum absolute atomic E-state index is 10.8. The first-order valence-corrected chi connectivity index (χ1v) is 5.24. The van der Waals surface area contributed by atoms with Crippen LogP contribution in [0.15, 0.2) is 12.2 Å². The molecule has 1 fully saturated rings. The van der Waals surface area contributed by atoms with Crippen molar-refractivity contribution in [1.82, 2.24) is 0 Å². The van der Waals surface area contributed by atoms with Crippen molar-refractivity contribution < 1.29 is 9.90 Å². The van der Waals surface area contributed by atoms with Gasteiger partial charge in [0, 0.05) is 5.57 Å². The van der Waals surface area contributed by atoms with Crippen LogP contribution in [0.2, 0.25) is 0 Å². The molecule has 1 aliphatic rings. The summed E-state index contributed by atoms with van der Waals surface area (Å²) in [6.07, 6.45) is 3.13. The van der Waals surface area contributed by atoms with Gasteiger partial charge in [0.15, 0.2) is 0 Å². The lowest BCUT2D eigenvalue weighted by Crippen LogP contribution is -2.30. The summed E-state index contributed by atoms with van der Waals surface area (Å²) in [5.74, 6) is -0.0500. The maximum atomic E-state index is 10.8. The minimum absolute atomic E-state index is 0.172. The Hall–Kier alpha value is -0.790. The Bertz CT molecular complexity index is 253. The van der Waals surface area contributed by atoms with Gasteiger partial charge in [-0.25, -0.2) is 4.79 Å². The Kier molecular flexibility index (Phi) is 3.03. The van der Waals surface area contributed by atoms with Gasteiger partial charge >= 0.3 is 5.97 Å². The molecule has 0 bridgehead atoms. The van der Waals surface area contributed by atoms with Crippen LogP contribution in [0.4, 0.5) is 0 Å². The zero-order valence-corrected chi connectivity index (χ0v) is 9.34. The summed E-state index contributed by atoms with van der Waals surface area (Å²) < 4.78 is 0. The molecular formula is C12H20O2. The van der Waals surface area contributed by atoms with Gasteiger partial charge in [-0.15, -0.1) is 0 Å². The molecule has 0 aliphatic heterocycles. The van der Waals surface area contributed by atoms with Crippen molar-refractivity contribution in [2.75, 3.05) is 0 Å². The number of hydrogen-bond acceptors (Lipinski definition) is 1. The monoisotopic (exact) mass is 196 g/mol. The Morgan fingerprint density at radius 1 is 1.43 bits per heavy atom. The first-order chi connectivity index (χ1) is 6.32. The fourth-order valence-electron chi connectivity index (χ4n) is 2.79. The minimum atomic E-state index is -0.833. The smallest absolute Gasteiger partial charge is 0.331 e. The lowest BCUT2D eigenvalue weighted by atomic mass is 9.66. The van der Waals surface area contributed by atoms with Crippen LogP contribution in [0.1, 0.15) is 40.0 Å². The maximum Gasteiger partial charge on any atom is 0.331 e. The third kappa shape index (κ3) is 2.60. The number of carboxylic acids is 1. The van der Waals surface area contributed by atoms with Crippen LogP contribution in [0.3, 0.4) is 0 Å². The summed E-state index contributed by atoms with van der Waals surface area (Å²) >= 11 is 0. The van der Waals surface area contributed by atoms with Gasteiger partial charge in [-0.3, -0.25) is 0 Å². The standard InChI is InChI=1S/C12H20O2/c1-8-5-10(9(2)11(13)14)7-12(3,4)6-8/h8,10H,2,5-7H2,1,3-4H3,(H,13,14). The molecule has 0 aromatic rings. The summed E-state index contributed by atoms with van der Waals surface area (Å²) in [4.78, 5) is 10.8. The number of carbonyl (C=O) groups is 1. The normalized spacial score (nSPS) is 31.1. The predicted octanol–water partition coefficient (Wildman–Crippen LogP) is 3.09. The molecule has 0 aromatic carbocycles. The van der Waals surface area contributed by atoms with Crippen LogP contribution in [0.5, 0.6) is 0 Å². The lowest BCUT2D eigenvalue weighted by Gasteiger charge is -2.39. The second-order valence-electron chi connectivity index (χ2n) is 5.44. The van der Waals surface area contributed by atoms with Crippen molar-refractivity contribution in [3.05, 3.63) is 12.2 Å². The van der Waals surface area contributed by atoms with Crippen molar-refractivity contribution >= 4 is 5.97 Å². The highest BCUT2D eigenvalue weighted by Crippen LogP contribution is 2.43. The molecule has 0 radical (unpaired) electrons. The van der Waals surface area contributed by atoms with Crippen molar-refractivity contribution in [2.45, 2.75) is 40.0 Å². The van der Waals surface area contributed by atoms with E-state index in [4.69, 9.17) is 5.11 Å². The highest BCUT2D eigenvalue weighted by molar-refractivity contribution is 5.86. The van der Waals surface area contributed by atoms with Crippen LogP contribution >= 0.6 is 0 Å². The van der Waals surface area contributed by atoms with Crippen LogP contribution < -0.4 is 0 Å². The fraction of sp³-hybridized carbons (Fsp3) is 0.750. The minimum Gasteiger partial charge on any atom is -0.478 e. The molecule has 2 unspecified atom stereocenters. The predicted molar refractivity (Wildman–Crippen MR) is 57.1 cm³/mol. The number of rotatable bonds is 2. The number of aliphatic carboxylic acids is 1. The van der Waals surface area contributed by atoms with Crippen LogP contribution in [-0.4, -0.2) is 11.1 Å². The van der Waals surface area contributed by atoms with Crippen LogP contribution in [0.25, 0.3) is 0 Å². The zero-order valence-electron chi connectivity index (χ0n) is 9.34. The third-order valence-corrected chi connectivity index (χ3v) is 3.15. The molecule has 2 atom stereocenters. The van der Waals surface area contributed by atoms with Gasteiger partial charge in [-0.2, -0.15) is 0 Å². The molecule has 0 aromatic heterocycles. The Balaban J connectivity index is 2.72. The van der Waals surface area contributed by atoms with E-state index in [0.717, 1.165) is 12.8 Å². The van der Waals surface area contributed by atoms with Gasteiger partial charge in [-0.1, -0.05) is 27.4 Å². The fourth-order valence-corrected chi connectivity index (χ4v) is 2.79. The lowest BCUT2D eigenvalue weighted by molar-refractivity contribution is -0.133. The van der Waals surface area contributed by atoms with Crippen LogP contribution in [-0.2, 0) is 4.79 Å². The molecule has 2 nitrogen and oxygen atoms in total. The second-order valence-corrected chi connectivity index (χ2v) is 5.44. The molecule has 1 rings (SSSR count). The van der Waals surface area contributed by atoms with E-state index < -0.39 is 5.97 Å².